The Hall–Kier alpha value is -1.93. The molecule has 0 bridgehead atoms. The summed E-state index contributed by atoms with van der Waals surface area (Å²) < 4.78 is 26.7. The van der Waals surface area contributed by atoms with Gasteiger partial charge in [0.05, 0.1) is 12.0 Å². The molecule has 1 aromatic carbocycles. The van der Waals surface area contributed by atoms with Crippen molar-refractivity contribution in [3.63, 3.8) is 0 Å². The van der Waals surface area contributed by atoms with Gasteiger partial charge in [-0.25, -0.2) is 13.5 Å². The van der Waals surface area contributed by atoms with Crippen molar-refractivity contribution >= 4 is 21.8 Å². The molecule has 1 amide bonds. The molecular formula is C15H21N3O4S. The summed E-state index contributed by atoms with van der Waals surface area (Å²) in [6.45, 7) is 3.84. The van der Waals surface area contributed by atoms with Gasteiger partial charge in [0.15, 0.2) is 0 Å². The molecule has 1 N–H and O–H groups in total. The summed E-state index contributed by atoms with van der Waals surface area (Å²) in [5.74, 6) is -0.188. The lowest BCUT2D eigenvalue weighted by molar-refractivity contribution is -0.171. The summed E-state index contributed by atoms with van der Waals surface area (Å²) in [4.78, 5) is 22.0. The van der Waals surface area contributed by atoms with Crippen molar-refractivity contribution in [2.75, 3.05) is 14.2 Å². The van der Waals surface area contributed by atoms with Gasteiger partial charge < -0.3 is 0 Å². The molecule has 0 fully saturated rings. The Kier molecular flexibility index (Phi) is 5.06. The summed E-state index contributed by atoms with van der Waals surface area (Å²) in [5, 5.41) is 1.11. The highest BCUT2D eigenvalue weighted by Gasteiger charge is 2.33. The molecule has 0 unspecified atom stereocenters. The van der Waals surface area contributed by atoms with E-state index in [9.17, 15) is 13.2 Å². The van der Waals surface area contributed by atoms with E-state index in [1.165, 1.54) is 20.2 Å². The summed E-state index contributed by atoms with van der Waals surface area (Å²) in [6.07, 6.45) is 0.721. The fourth-order valence-electron chi connectivity index (χ4n) is 2.29. The first kappa shape index (κ1) is 17.4. The van der Waals surface area contributed by atoms with Gasteiger partial charge >= 0.3 is 0 Å². The number of sulfonamides is 1. The average Bonchev–Trinajstić information content (AvgIpc) is 2.81. The number of rotatable bonds is 5. The van der Waals surface area contributed by atoms with Gasteiger partial charge in [-0.15, -0.1) is 0 Å². The number of nitrogens with one attached hydrogen (secondary N) is 1. The average molecular weight is 339 g/mol. The minimum Gasteiger partial charge on any atom is -0.274 e. The first-order valence-electron chi connectivity index (χ1n) is 7.33. The van der Waals surface area contributed by atoms with Crippen LogP contribution < -0.4 is 4.72 Å². The maximum absolute atomic E-state index is 12.5. The molecule has 2 rings (SSSR count). The zero-order chi connectivity index (χ0) is 17.2. The molecule has 0 aliphatic carbocycles. The third kappa shape index (κ3) is 3.37. The first-order valence-corrected chi connectivity index (χ1v) is 8.81. The molecule has 7 nitrogen and oxygen atoms in total. The number of likely N-dealkylation sites (N-methyl/N-ethyl adjacent to an activating group) is 1. The first-order chi connectivity index (χ1) is 10.8. The van der Waals surface area contributed by atoms with Crippen molar-refractivity contribution in [1.82, 2.24) is 9.79 Å². The molecule has 2 atom stereocenters. The van der Waals surface area contributed by atoms with Crippen LogP contribution in [0, 0.1) is 5.92 Å². The predicted molar refractivity (Wildman–Crippen MR) is 86.3 cm³/mol. The van der Waals surface area contributed by atoms with Gasteiger partial charge in [0.2, 0.25) is 0 Å². The van der Waals surface area contributed by atoms with E-state index in [-0.39, 0.29) is 22.6 Å². The number of amides is 1. The fourth-order valence-corrected chi connectivity index (χ4v) is 3.53. The third-order valence-corrected chi connectivity index (χ3v) is 5.35. The van der Waals surface area contributed by atoms with Crippen molar-refractivity contribution in [3.8, 4) is 0 Å². The van der Waals surface area contributed by atoms with E-state index in [0.717, 1.165) is 11.5 Å². The molecule has 1 heterocycles. The molecule has 8 heteroatoms. The zero-order valence-electron chi connectivity index (χ0n) is 13.6. The second kappa shape index (κ2) is 6.67. The minimum absolute atomic E-state index is 0.0649. The number of hydrogen-bond donors (Lipinski definition) is 1. The van der Waals surface area contributed by atoms with E-state index < -0.39 is 16.1 Å². The molecule has 126 valence electrons. The topological polar surface area (TPSA) is 88.1 Å². The van der Waals surface area contributed by atoms with E-state index in [1.54, 1.807) is 18.2 Å². The largest absolute Gasteiger partial charge is 0.274 e. The van der Waals surface area contributed by atoms with Crippen molar-refractivity contribution in [2.45, 2.75) is 31.2 Å². The normalized spacial score (nSPS) is 19.7. The molecule has 1 aliphatic rings. The van der Waals surface area contributed by atoms with Crippen LogP contribution in [0.1, 0.15) is 25.8 Å². The smallest absolute Gasteiger partial charge is 0.270 e. The minimum atomic E-state index is -3.62. The van der Waals surface area contributed by atoms with Gasteiger partial charge in [0, 0.05) is 12.6 Å². The number of hydroxylamine groups is 2. The molecule has 1 aromatic rings. The summed E-state index contributed by atoms with van der Waals surface area (Å²) in [5.41, 5.74) is 0.480. The van der Waals surface area contributed by atoms with E-state index in [0.29, 0.717) is 5.56 Å². The van der Waals surface area contributed by atoms with Crippen LogP contribution >= 0.6 is 0 Å². The molecule has 0 saturated carbocycles. The van der Waals surface area contributed by atoms with Crippen LogP contribution in [0.2, 0.25) is 0 Å². The van der Waals surface area contributed by atoms with E-state index in [2.05, 4.69) is 9.71 Å². The maximum Gasteiger partial charge on any atom is 0.270 e. The Bertz CT molecular complexity index is 730. The Morgan fingerprint density at radius 2 is 2.04 bits per heavy atom. The van der Waals surface area contributed by atoms with Crippen molar-refractivity contribution < 1.29 is 18.0 Å². The summed E-state index contributed by atoms with van der Waals surface area (Å²) in [7, 11) is -0.722. The van der Waals surface area contributed by atoms with Gasteiger partial charge in [-0.05, 0) is 18.1 Å². The lowest BCUT2D eigenvalue weighted by atomic mass is 9.98. The van der Waals surface area contributed by atoms with Gasteiger partial charge in [0.25, 0.3) is 15.9 Å². The van der Waals surface area contributed by atoms with Gasteiger partial charge in [-0.2, -0.15) is 0 Å². The number of aliphatic imine (C=N–C) groups is 1. The molecular weight excluding hydrogens is 318 g/mol. The highest BCUT2D eigenvalue weighted by Crippen LogP contribution is 2.24. The second-order valence-corrected chi connectivity index (χ2v) is 7.08. The van der Waals surface area contributed by atoms with Gasteiger partial charge in [-0.1, -0.05) is 32.4 Å². The standard InChI is InChI=1S/C15H21N3O4S/c1-5-10(2)13(15(19)18(3)22-4)16-14-11-8-6-7-9-12(11)23(20,21)17-14/h6-10,13H,5H2,1-4H3,(H,16,17)/t10-,13+/m0/s1. The number of carbonyl (C=O) groups excluding carboxylic acids is 1. The van der Waals surface area contributed by atoms with Gasteiger partial charge in [0.1, 0.15) is 11.9 Å². The number of hydrogen-bond acceptors (Lipinski definition) is 5. The monoisotopic (exact) mass is 339 g/mol. The lowest BCUT2D eigenvalue weighted by Gasteiger charge is -2.23. The third-order valence-electron chi connectivity index (χ3n) is 3.95. The Balaban J connectivity index is 2.47. The summed E-state index contributed by atoms with van der Waals surface area (Å²) in [6, 6.07) is 5.84. The van der Waals surface area contributed by atoms with Crippen molar-refractivity contribution in [1.29, 1.82) is 0 Å². The van der Waals surface area contributed by atoms with Crippen LogP contribution in [0.25, 0.3) is 0 Å². The number of fused-ring (bicyclic) bond motifs is 1. The number of amidine groups is 1. The van der Waals surface area contributed by atoms with Gasteiger partial charge in [-0.3, -0.25) is 19.3 Å². The highest BCUT2D eigenvalue weighted by atomic mass is 32.2. The predicted octanol–water partition coefficient (Wildman–Crippen LogP) is 1.16. The number of benzene rings is 1. The highest BCUT2D eigenvalue weighted by molar-refractivity contribution is 7.90. The van der Waals surface area contributed by atoms with Crippen LogP contribution in [0.15, 0.2) is 34.2 Å². The van der Waals surface area contributed by atoms with E-state index in [4.69, 9.17) is 4.84 Å². The number of nitrogens with zero attached hydrogens (tertiary/aromatic N) is 2. The molecule has 1 aliphatic heterocycles. The maximum atomic E-state index is 12.5. The van der Waals surface area contributed by atoms with Crippen molar-refractivity contribution in [2.24, 2.45) is 10.9 Å². The summed E-state index contributed by atoms with van der Waals surface area (Å²) >= 11 is 0. The molecule has 0 saturated heterocycles. The lowest BCUT2D eigenvalue weighted by Crippen LogP contribution is -2.39. The Labute approximate surface area is 136 Å². The van der Waals surface area contributed by atoms with E-state index >= 15 is 0 Å². The zero-order valence-corrected chi connectivity index (χ0v) is 14.4. The van der Waals surface area contributed by atoms with Crippen molar-refractivity contribution in [3.05, 3.63) is 29.8 Å². The number of carbonyl (C=O) groups is 1. The van der Waals surface area contributed by atoms with E-state index in [1.807, 2.05) is 13.8 Å². The van der Waals surface area contributed by atoms with Crippen LogP contribution in [0.4, 0.5) is 0 Å². The van der Waals surface area contributed by atoms with Crippen LogP contribution in [0.5, 0.6) is 0 Å². The quantitative estimate of drug-likeness (QED) is 0.816. The Morgan fingerprint density at radius 3 is 2.65 bits per heavy atom. The molecule has 0 spiro atoms. The molecule has 0 aromatic heterocycles. The van der Waals surface area contributed by atoms with Crippen LogP contribution in [-0.2, 0) is 19.7 Å². The molecule has 23 heavy (non-hydrogen) atoms. The SMILES string of the molecule is CC[C@H](C)[C@@H](N=C1NS(=O)(=O)c2ccccc21)C(=O)N(C)OC. The van der Waals surface area contributed by atoms with Crippen LogP contribution in [0.3, 0.4) is 0 Å². The second-order valence-electron chi connectivity index (χ2n) is 5.43. The Morgan fingerprint density at radius 1 is 1.39 bits per heavy atom. The van der Waals surface area contributed by atoms with Crippen LogP contribution in [-0.4, -0.2) is 45.4 Å². The molecule has 0 radical (unpaired) electrons. The fraction of sp³-hybridized carbons (Fsp3) is 0.467.